The highest BCUT2D eigenvalue weighted by Crippen LogP contribution is 2.41. The Kier molecular flexibility index (Phi) is 7.17. The number of para-hydroxylation sites is 1. The fraction of sp³-hybridized carbons (Fsp3) is 0. The lowest BCUT2D eigenvalue weighted by atomic mass is 9.96. The van der Waals surface area contributed by atoms with E-state index in [1.54, 1.807) is 0 Å². The van der Waals surface area contributed by atoms with Gasteiger partial charge in [-0.3, -0.25) is 0 Å². The van der Waals surface area contributed by atoms with Gasteiger partial charge in [0.05, 0.1) is 11.0 Å². The van der Waals surface area contributed by atoms with Crippen LogP contribution in [0.2, 0.25) is 0 Å². The summed E-state index contributed by atoms with van der Waals surface area (Å²) in [6.45, 7) is 0. The van der Waals surface area contributed by atoms with Crippen molar-refractivity contribution >= 4 is 65.9 Å². The van der Waals surface area contributed by atoms with Gasteiger partial charge in [-0.25, -0.2) is 0 Å². The highest BCUT2D eigenvalue weighted by atomic mass is 16.3. The third-order valence-electron chi connectivity index (χ3n) is 11.0. The molecule has 0 saturated heterocycles. The van der Waals surface area contributed by atoms with Crippen molar-refractivity contribution in [3.63, 3.8) is 0 Å². The van der Waals surface area contributed by atoms with Crippen LogP contribution in [0.25, 0.3) is 93.6 Å². The molecule has 0 unspecified atom stereocenters. The van der Waals surface area contributed by atoms with Crippen molar-refractivity contribution in [1.82, 2.24) is 4.57 Å². The van der Waals surface area contributed by atoms with Crippen molar-refractivity contribution in [2.45, 2.75) is 0 Å². The van der Waals surface area contributed by atoms with E-state index < -0.39 is 0 Å². The summed E-state index contributed by atoms with van der Waals surface area (Å²) in [6.07, 6.45) is 0. The van der Waals surface area contributed by atoms with Crippen LogP contribution in [0.1, 0.15) is 0 Å². The first-order valence-electron chi connectivity index (χ1n) is 18.8. The summed E-state index contributed by atoms with van der Waals surface area (Å²) in [4.78, 5) is 0. The van der Waals surface area contributed by atoms with E-state index in [1.165, 1.54) is 32.7 Å². The molecular weight excluding hydrogens is 669 g/mol. The van der Waals surface area contributed by atoms with Gasteiger partial charge >= 0.3 is 0 Å². The number of benzene rings is 9. The summed E-state index contributed by atoms with van der Waals surface area (Å²) in [5.41, 5.74) is 14.4. The molecule has 0 saturated carbocycles. The predicted molar refractivity (Wildman–Crippen MR) is 232 cm³/mol. The molecule has 0 aliphatic rings. The first-order chi connectivity index (χ1) is 27.2. The molecule has 0 aliphatic carbocycles. The summed E-state index contributed by atoms with van der Waals surface area (Å²) < 4.78 is 8.81. The van der Waals surface area contributed by atoms with E-state index in [-0.39, 0.29) is 0 Å². The standard InChI is InChI=1S/C52H34N2O/c1-3-12-34(13-4-1)35-22-26-40(27-23-35)54-49-29-25-39(31-44(49)45-32-46-42-19-9-10-21-51(42)55-52(46)33-50(45)54)38-24-28-48(43(30-38)37-14-5-2-6-15-37)53-47-20-11-17-36-16-7-8-18-41(36)47/h1-33,53H. The zero-order valence-corrected chi connectivity index (χ0v) is 29.9. The fourth-order valence-corrected chi connectivity index (χ4v) is 8.30. The van der Waals surface area contributed by atoms with E-state index in [1.807, 2.05) is 6.07 Å². The molecule has 9 aromatic carbocycles. The Balaban J connectivity index is 1.09. The third kappa shape index (κ3) is 5.28. The lowest BCUT2D eigenvalue weighted by molar-refractivity contribution is 0.669. The molecule has 0 amide bonds. The molecule has 0 radical (unpaired) electrons. The number of hydrogen-bond acceptors (Lipinski definition) is 2. The molecule has 3 nitrogen and oxygen atoms in total. The number of nitrogens with zero attached hydrogens (tertiary/aromatic N) is 1. The predicted octanol–water partition coefficient (Wildman–Crippen LogP) is 14.6. The normalized spacial score (nSPS) is 11.6. The van der Waals surface area contributed by atoms with Crippen molar-refractivity contribution < 1.29 is 4.42 Å². The SMILES string of the molecule is c1ccc(-c2ccc(-n3c4ccc(-c5ccc(Nc6cccc7ccccc67)c(-c6ccccc6)c5)cc4c4cc5c(cc43)oc3ccccc35)cc2)cc1. The van der Waals surface area contributed by atoms with E-state index in [9.17, 15) is 0 Å². The third-order valence-corrected chi connectivity index (χ3v) is 11.0. The second kappa shape index (κ2) is 12.6. The zero-order valence-electron chi connectivity index (χ0n) is 29.9. The number of nitrogens with one attached hydrogen (secondary N) is 1. The first-order valence-corrected chi connectivity index (χ1v) is 18.8. The lowest BCUT2D eigenvalue weighted by Gasteiger charge is -2.16. The largest absolute Gasteiger partial charge is 0.456 e. The number of rotatable bonds is 6. The van der Waals surface area contributed by atoms with Gasteiger partial charge in [0.15, 0.2) is 0 Å². The maximum atomic E-state index is 6.43. The molecule has 1 N–H and O–H groups in total. The van der Waals surface area contributed by atoms with Gasteiger partial charge in [0.25, 0.3) is 0 Å². The topological polar surface area (TPSA) is 30.1 Å². The summed E-state index contributed by atoms with van der Waals surface area (Å²) in [7, 11) is 0. The average Bonchev–Trinajstić information content (AvgIpc) is 3.78. The van der Waals surface area contributed by atoms with Crippen LogP contribution >= 0.6 is 0 Å². The van der Waals surface area contributed by atoms with Crippen LogP contribution in [0, 0.1) is 0 Å². The van der Waals surface area contributed by atoms with Crippen molar-refractivity contribution in [3.05, 3.63) is 200 Å². The molecule has 3 heteroatoms. The van der Waals surface area contributed by atoms with Crippen LogP contribution in [0.5, 0.6) is 0 Å². The highest BCUT2D eigenvalue weighted by molar-refractivity contribution is 6.18. The number of aromatic nitrogens is 1. The average molecular weight is 703 g/mol. The number of furan rings is 1. The molecular formula is C52H34N2O. The van der Waals surface area contributed by atoms with Crippen molar-refractivity contribution in [3.8, 4) is 39.1 Å². The smallest absolute Gasteiger partial charge is 0.137 e. The maximum absolute atomic E-state index is 6.43. The van der Waals surface area contributed by atoms with E-state index in [0.29, 0.717) is 0 Å². The number of hydrogen-bond donors (Lipinski definition) is 1. The zero-order chi connectivity index (χ0) is 36.3. The van der Waals surface area contributed by atoms with Crippen LogP contribution in [0.3, 0.4) is 0 Å². The lowest BCUT2D eigenvalue weighted by Crippen LogP contribution is -1.95. The minimum atomic E-state index is 0.890. The number of fused-ring (bicyclic) bond motifs is 7. The minimum Gasteiger partial charge on any atom is -0.456 e. The molecule has 0 atom stereocenters. The van der Waals surface area contributed by atoms with E-state index >= 15 is 0 Å². The maximum Gasteiger partial charge on any atom is 0.137 e. The van der Waals surface area contributed by atoms with Crippen molar-refractivity contribution in [2.24, 2.45) is 0 Å². The van der Waals surface area contributed by atoms with Gasteiger partial charge in [-0.1, -0.05) is 140 Å². The molecule has 2 heterocycles. The molecule has 258 valence electrons. The second-order valence-corrected chi connectivity index (χ2v) is 14.2. The van der Waals surface area contributed by atoms with Crippen molar-refractivity contribution in [1.29, 1.82) is 0 Å². The van der Waals surface area contributed by atoms with Gasteiger partial charge in [0.2, 0.25) is 0 Å². The van der Waals surface area contributed by atoms with Gasteiger partial charge < -0.3 is 14.3 Å². The molecule has 11 aromatic rings. The summed E-state index contributed by atoms with van der Waals surface area (Å²) in [5.74, 6) is 0. The Labute approximate surface area is 318 Å². The minimum absolute atomic E-state index is 0.890. The molecule has 0 bridgehead atoms. The molecule has 0 aliphatic heterocycles. The molecule has 0 spiro atoms. The Morgan fingerprint density at radius 3 is 1.82 bits per heavy atom. The van der Waals surface area contributed by atoms with Crippen LogP contribution in [0.15, 0.2) is 205 Å². The first kappa shape index (κ1) is 31.2. The van der Waals surface area contributed by atoms with Crippen LogP contribution < -0.4 is 5.32 Å². The second-order valence-electron chi connectivity index (χ2n) is 14.2. The van der Waals surface area contributed by atoms with Gasteiger partial charge in [-0.2, -0.15) is 0 Å². The van der Waals surface area contributed by atoms with Crippen molar-refractivity contribution in [2.75, 3.05) is 5.32 Å². The van der Waals surface area contributed by atoms with Gasteiger partial charge in [0.1, 0.15) is 11.2 Å². The highest BCUT2D eigenvalue weighted by Gasteiger charge is 2.18. The Hall–Kier alpha value is -7.36. The van der Waals surface area contributed by atoms with E-state index in [4.69, 9.17) is 4.42 Å². The van der Waals surface area contributed by atoms with Gasteiger partial charge in [-0.15, -0.1) is 0 Å². The number of anilines is 2. The van der Waals surface area contributed by atoms with Crippen LogP contribution in [0.4, 0.5) is 11.4 Å². The summed E-state index contributed by atoms with van der Waals surface area (Å²) >= 11 is 0. The quantitative estimate of drug-likeness (QED) is 0.187. The van der Waals surface area contributed by atoms with E-state index in [2.05, 4.69) is 204 Å². The summed E-state index contributed by atoms with van der Waals surface area (Å²) in [5, 5.41) is 10.9. The Morgan fingerprint density at radius 1 is 0.345 bits per heavy atom. The molecule has 2 aromatic heterocycles. The Bertz CT molecular complexity index is 3200. The fourth-order valence-electron chi connectivity index (χ4n) is 8.30. The molecule has 0 fully saturated rings. The molecule has 11 rings (SSSR count). The van der Waals surface area contributed by atoms with Gasteiger partial charge in [-0.05, 0) is 87.8 Å². The van der Waals surface area contributed by atoms with Gasteiger partial charge in [0, 0.05) is 55.6 Å². The summed E-state index contributed by atoms with van der Waals surface area (Å²) in [6, 6.07) is 71.6. The van der Waals surface area contributed by atoms with Crippen LogP contribution in [-0.4, -0.2) is 4.57 Å². The Morgan fingerprint density at radius 2 is 0.982 bits per heavy atom. The van der Waals surface area contributed by atoms with Crippen LogP contribution in [-0.2, 0) is 0 Å². The monoisotopic (exact) mass is 702 g/mol. The molecule has 55 heavy (non-hydrogen) atoms. The van der Waals surface area contributed by atoms with E-state index in [0.717, 1.165) is 72.3 Å².